The number of anilines is 2. The molecule has 2 aromatic carbocycles. The van der Waals surface area contributed by atoms with Gasteiger partial charge in [0.15, 0.2) is 5.16 Å². The van der Waals surface area contributed by atoms with Gasteiger partial charge in [-0.15, -0.1) is 10.2 Å². The van der Waals surface area contributed by atoms with Crippen LogP contribution in [0.1, 0.15) is 23.1 Å². The largest absolute Gasteiger partial charge is 0.478 e. The lowest BCUT2D eigenvalue weighted by molar-refractivity contribution is -0.116. The van der Waals surface area contributed by atoms with Gasteiger partial charge in [0.25, 0.3) is 0 Å². The monoisotopic (exact) mass is 439 g/mol. The van der Waals surface area contributed by atoms with Gasteiger partial charge in [-0.2, -0.15) is 0 Å². The summed E-state index contributed by atoms with van der Waals surface area (Å²) in [6.45, 7) is 2.45. The number of carbonyl (C=O) groups is 3. The van der Waals surface area contributed by atoms with Crippen molar-refractivity contribution in [2.45, 2.75) is 25.0 Å². The Balaban J connectivity index is 1.57. The van der Waals surface area contributed by atoms with Crippen molar-refractivity contribution < 1.29 is 19.5 Å². The fraction of sp³-hybridized carbons (Fsp3) is 0.190. The van der Waals surface area contributed by atoms with Crippen LogP contribution in [0, 0.1) is 0 Å². The van der Waals surface area contributed by atoms with Crippen molar-refractivity contribution in [3.63, 3.8) is 0 Å². The molecule has 0 saturated carbocycles. The first kappa shape index (κ1) is 22.0. The van der Waals surface area contributed by atoms with Crippen molar-refractivity contribution in [3.8, 4) is 0 Å². The second kappa shape index (κ2) is 10.4. The molecule has 3 N–H and O–H groups in total. The summed E-state index contributed by atoms with van der Waals surface area (Å²) in [6.07, 6.45) is 0.0600. The molecule has 3 aromatic rings. The van der Waals surface area contributed by atoms with Crippen LogP contribution < -0.4 is 10.6 Å². The highest BCUT2D eigenvalue weighted by Gasteiger charge is 2.16. The molecule has 0 bridgehead atoms. The highest BCUT2D eigenvalue weighted by Crippen LogP contribution is 2.19. The second-order valence-electron chi connectivity index (χ2n) is 6.46. The molecule has 0 aliphatic heterocycles. The van der Waals surface area contributed by atoms with Crippen LogP contribution in [0.4, 0.5) is 11.4 Å². The summed E-state index contributed by atoms with van der Waals surface area (Å²) < 4.78 is 1.79. The van der Waals surface area contributed by atoms with E-state index < -0.39 is 5.97 Å². The molecule has 0 unspecified atom stereocenters. The molecule has 3 rings (SSSR count). The van der Waals surface area contributed by atoms with Crippen LogP contribution in [-0.4, -0.2) is 43.4 Å². The molecule has 1 heterocycles. The first-order valence-electron chi connectivity index (χ1n) is 9.49. The maximum Gasteiger partial charge on any atom is 0.335 e. The summed E-state index contributed by atoms with van der Waals surface area (Å²) in [4.78, 5) is 35.6. The molecule has 1 aromatic heterocycles. The first-order chi connectivity index (χ1) is 15.0. The summed E-state index contributed by atoms with van der Waals surface area (Å²) >= 11 is 1.19. The SMILES string of the molecule is CCn1c(CC(=O)Nc2ccccc2)nnc1SCC(=O)Nc1cccc(C(=O)O)c1. The zero-order valence-electron chi connectivity index (χ0n) is 16.7. The number of carboxylic acid groups (broad SMARTS) is 1. The van der Waals surface area contributed by atoms with Crippen molar-refractivity contribution in [1.82, 2.24) is 14.8 Å². The van der Waals surface area contributed by atoms with E-state index in [0.29, 0.717) is 28.9 Å². The van der Waals surface area contributed by atoms with E-state index in [-0.39, 0.29) is 29.6 Å². The van der Waals surface area contributed by atoms with Crippen LogP contribution in [-0.2, 0) is 22.6 Å². The van der Waals surface area contributed by atoms with Gasteiger partial charge in [0, 0.05) is 17.9 Å². The van der Waals surface area contributed by atoms with E-state index in [1.807, 2.05) is 25.1 Å². The zero-order chi connectivity index (χ0) is 22.2. The smallest absolute Gasteiger partial charge is 0.335 e. The molecule has 0 fully saturated rings. The van der Waals surface area contributed by atoms with Crippen molar-refractivity contribution in [1.29, 1.82) is 0 Å². The summed E-state index contributed by atoms with van der Waals surface area (Å²) in [5.41, 5.74) is 1.20. The number of hydrogen-bond acceptors (Lipinski definition) is 6. The Kier molecular flexibility index (Phi) is 7.39. The first-order valence-corrected chi connectivity index (χ1v) is 10.5. The Morgan fingerprint density at radius 2 is 1.68 bits per heavy atom. The minimum Gasteiger partial charge on any atom is -0.478 e. The third-order valence-electron chi connectivity index (χ3n) is 4.21. The van der Waals surface area contributed by atoms with Crippen LogP contribution in [0.3, 0.4) is 0 Å². The van der Waals surface area contributed by atoms with Gasteiger partial charge in [0.05, 0.1) is 17.7 Å². The Morgan fingerprint density at radius 1 is 0.968 bits per heavy atom. The van der Waals surface area contributed by atoms with E-state index in [0.717, 1.165) is 0 Å². The molecule has 160 valence electrons. The summed E-state index contributed by atoms with van der Waals surface area (Å²) in [5.74, 6) is -1.01. The molecule has 31 heavy (non-hydrogen) atoms. The average Bonchev–Trinajstić information content (AvgIpc) is 3.14. The van der Waals surface area contributed by atoms with Gasteiger partial charge < -0.3 is 20.3 Å². The van der Waals surface area contributed by atoms with Crippen molar-refractivity contribution in [3.05, 3.63) is 66.0 Å². The lowest BCUT2D eigenvalue weighted by Gasteiger charge is -2.09. The maximum atomic E-state index is 12.3. The number of rotatable bonds is 9. The number of nitrogens with zero attached hydrogens (tertiary/aromatic N) is 3. The predicted octanol–water partition coefficient (Wildman–Crippen LogP) is 2.91. The molecule has 0 saturated heterocycles. The van der Waals surface area contributed by atoms with E-state index in [1.165, 1.54) is 23.9 Å². The van der Waals surface area contributed by atoms with Crippen molar-refractivity contribution in [2.75, 3.05) is 16.4 Å². The van der Waals surface area contributed by atoms with Gasteiger partial charge in [-0.05, 0) is 37.3 Å². The van der Waals surface area contributed by atoms with Crippen LogP contribution in [0.15, 0.2) is 59.8 Å². The molecule has 0 aliphatic carbocycles. The molecule has 0 radical (unpaired) electrons. The topological polar surface area (TPSA) is 126 Å². The Hall–Kier alpha value is -3.66. The summed E-state index contributed by atoms with van der Waals surface area (Å²) in [5, 5.41) is 23.2. The second-order valence-corrected chi connectivity index (χ2v) is 7.40. The van der Waals surface area contributed by atoms with Crippen molar-refractivity contribution in [2.24, 2.45) is 0 Å². The van der Waals surface area contributed by atoms with Crippen LogP contribution >= 0.6 is 11.8 Å². The standard InChI is InChI=1S/C21H21N5O4S/c1-2-26-17(12-18(27)22-15-8-4-3-5-9-15)24-25-21(26)31-13-19(28)23-16-10-6-7-14(11-16)20(29)30/h3-11H,2,12-13H2,1H3,(H,22,27)(H,23,28)(H,29,30). The zero-order valence-corrected chi connectivity index (χ0v) is 17.6. The number of thioether (sulfide) groups is 1. The number of carboxylic acids is 1. The van der Waals surface area contributed by atoms with Crippen molar-refractivity contribution >= 4 is 40.9 Å². The number of benzene rings is 2. The third-order valence-corrected chi connectivity index (χ3v) is 5.18. The molecule has 9 nitrogen and oxygen atoms in total. The van der Waals surface area contributed by atoms with E-state index in [4.69, 9.17) is 5.11 Å². The molecule has 0 atom stereocenters. The Labute approximate surface area is 182 Å². The molecule has 0 aliphatic rings. The van der Waals surface area contributed by atoms with E-state index >= 15 is 0 Å². The minimum absolute atomic E-state index is 0.0600. The minimum atomic E-state index is -1.06. The highest BCUT2D eigenvalue weighted by molar-refractivity contribution is 7.99. The fourth-order valence-electron chi connectivity index (χ4n) is 2.80. The molecule has 2 amide bonds. The summed E-state index contributed by atoms with van der Waals surface area (Å²) in [6, 6.07) is 15.2. The van der Waals surface area contributed by atoms with E-state index in [9.17, 15) is 14.4 Å². The van der Waals surface area contributed by atoms with Gasteiger partial charge >= 0.3 is 5.97 Å². The van der Waals surface area contributed by atoms with E-state index in [2.05, 4.69) is 20.8 Å². The lowest BCUT2D eigenvalue weighted by Crippen LogP contribution is -2.18. The third kappa shape index (κ3) is 6.16. The van der Waals surface area contributed by atoms with Crippen LogP contribution in [0.25, 0.3) is 0 Å². The van der Waals surface area contributed by atoms with Gasteiger partial charge in [0.2, 0.25) is 11.8 Å². The number of carbonyl (C=O) groups excluding carboxylic acids is 2. The van der Waals surface area contributed by atoms with Gasteiger partial charge in [-0.3, -0.25) is 9.59 Å². The number of aromatic nitrogens is 3. The van der Waals surface area contributed by atoms with Gasteiger partial charge in [-0.25, -0.2) is 4.79 Å². The molecule has 0 spiro atoms. The predicted molar refractivity (Wildman–Crippen MR) is 117 cm³/mol. The molecule has 10 heteroatoms. The number of hydrogen-bond donors (Lipinski definition) is 3. The number of amides is 2. The normalized spacial score (nSPS) is 10.5. The van der Waals surface area contributed by atoms with Crippen LogP contribution in [0.2, 0.25) is 0 Å². The maximum absolute atomic E-state index is 12.3. The Bertz CT molecular complexity index is 1080. The average molecular weight is 439 g/mol. The van der Waals surface area contributed by atoms with Crippen LogP contribution in [0.5, 0.6) is 0 Å². The Morgan fingerprint density at radius 3 is 2.39 bits per heavy atom. The summed E-state index contributed by atoms with van der Waals surface area (Å²) in [7, 11) is 0. The number of para-hydroxylation sites is 1. The highest BCUT2D eigenvalue weighted by atomic mass is 32.2. The molecular formula is C21H21N5O4S. The van der Waals surface area contributed by atoms with Gasteiger partial charge in [0.1, 0.15) is 5.82 Å². The van der Waals surface area contributed by atoms with E-state index in [1.54, 1.807) is 28.8 Å². The number of nitrogens with one attached hydrogen (secondary N) is 2. The quantitative estimate of drug-likeness (QED) is 0.438. The van der Waals surface area contributed by atoms with Gasteiger partial charge in [-0.1, -0.05) is 36.0 Å². The molecular weight excluding hydrogens is 418 g/mol. The number of aromatic carboxylic acids is 1. The fourth-order valence-corrected chi connectivity index (χ4v) is 3.62. The lowest BCUT2D eigenvalue weighted by atomic mass is 10.2.